The van der Waals surface area contributed by atoms with Crippen LogP contribution in [0.2, 0.25) is 0 Å². The van der Waals surface area contributed by atoms with Crippen molar-refractivity contribution in [1.82, 2.24) is 20.0 Å². The van der Waals surface area contributed by atoms with Crippen LogP contribution in [0.3, 0.4) is 0 Å². The first kappa shape index (κ1) is 25.6. The fourth-order valence-corrected chi connectivity index (χ4v) is 3.89. The fraction of sp³-hybridized carbons (Fsp3) is 0.900. The van der Waals surface area contributed by atoms with Crippen molar-refractivity contribution >= 4 is 35.8 Å². The van der Waals surface area contributed by atoms with Gasteiger partial charge in [-0.1, -0.05) is 0 Å². The molecule has 0 aromatic heterocycles. The molecule has 3 aliphatic rings. The average Bonchev–Trinajstić information content (AvgIpc) is 3.28. The molecule has 9 nitrogen and oxygen atoms in total. The summed E-state index contributed by atoms with van der Waals surface area (Å²) in [4.78, 5) is 23.3. The zero-order chi connectivity index (χ0) is 20.3. The molecule has 1 atom stereocenters. The van der Waals surface area contributed by atoms with Crippen molar-refractivity contribution in [2.45, 2.75) is 12.8 Å². The van der Waals surface area contributed by atoms with Crippen LogP contribution in [0, 0.1) is 5.92 Å². The Morgan fingerprint density at radius 2 is 1.83 bits per heavy atom. The third kappa shape index (κ3) is 8.45. The van der Waals surface area contributed by atoms with E-state index in [1.54, 1.807) is 0 Å². The second-order valence-corrected chi connectivity index (χ2v) is 7.89. The van der Waals surface area contributed by atoms with Gasteiger partial charge in [-0.25, -0.2) is 0 Å². The summed E-state index contributed by atoms with van der Waals surface area (Å²) in [5.41, 5.74) is 0. The molecule has 0 aromatic carbocycles. The number of rotatable bonds is 8. The monoisotopic (exact) mass is 539 g/mol. The van der Waals surface area contributed by atoms with E-state index in [2.05, 4.69) is 20.1 Å². The predicted octanol–water partition coefficient (Wildman–Crippen LogP) is 0.0994. The number of morpholine rings is 1. The zero-order valence-electron chi connectivity index (χ0n) is 18.2. The summed E-state index contributed by atoms with van der Waals surface area (Å²) >= 11 is 0. The van der Waals surface area contributed by atoms with E-state index in [0.717, 1.165) is 78.0 Å². The van der Waals surface area contributed by atoms with Gasteiger partial charge in [0.25, 0.3) is 0 Å². The Morgan fingerprint density at radius 3 is 2.50 bits per heavy atom. The van der Waals surface area contributed by atoms with Gasteiger partial charge in [-0.05, 0) is 12.8 Å². The van der Waals surface area contributed by atoms with E-state index < -0.39 is 0 Å². The summed E-state index contributed by atoms with van der Waals surface area (Å²) in [5, 5.41) is 3.44. The van der Waals surface area contributed by atoms with E-state index in [0.29, 0.717) is 38.8 Å². The second kappa shape index (κ2) is 14.4. The van der Waals surface area contributed by atoms with Gasteiger partial charge in [-0.15, -0.1) is 24.0 Å². The Morgan fingerprint density at radius 1 is 1.07 bits per heavy atom. The third-order valence-electron chi connectivity index (χ3n) is 5.73. The number of nitrogens with one attached hydrogen (secondary N) is 1. The van der Waals surface area contributed by atoms with Crippen molar-refractivity contribution in [3.05, 3.63) is 0 Å². The van der Waals surface area contributed by atoms with Crippen LogP contribution in [0.25, 0.3) is 0 Å². The molecule has 174 valence electrons. The highest BCUT2D eigenvalue weighted by molar-refractivity contribution is 14.0. The number of ether oxygens (including phenoxy) is 3. The van der Waals surface area contributed by atoms with Gasteiger partial charge in [0.05, 0.1) is 33.0 Å². The van der Waals surface area contributed by atoms with E-state index in [1.807, 2.05) is 11.9 Å². The summed E-state index contributed by atoms with van der Waals surface area (Å²) in [6.45, 7) is 10.9. The lowest BCUT2D eigenvalue weighted by Gasteiger charge is -2.37. The normalized spacial score (nSPS) is 23.4. The largest absolute Gasteiger partial charge is 0.381 e. The third-order valence-corrected chi connectivity index (χ3v) is 5.73. The Hall–Kier alpha value is -0.690. The number of halogens is 1. The standard InChI is InChI=1S/C20H37N5O4.HI/c1-21-20(22-4-2-11-28-16-18-3-12-29-17-18)25-7-5-23(6-8-25)15-19(26)24-9-13-27-14-10-24;/h18H,2-17H2,1H3,(H,21,22);1H. The van der Waals surface area contributed by atoms with Crippen molar-refractivity contribution in [3.63, 3.8) is 0 Å². The molecule has 3 fully saturated rings. The summed E-state index contributed by atoms with van der Waals surface area (Å²) in [6.07, 6.45) is 2.08. The number of aliphatic imine (C=N–C) groups is 1. The Labute approximate surface area is 197 Å². The van der Waals surface area contributed by atoms with E-state index in [-0.39, 0.29) is 29.9 Å². The van der Waals surface area contributed by atoms with Crippen molar-refractivity contribution in [2.75, 3.05) is 99.0 Å². The van der Waals surface area contributed by atoms with E-state index in [4.69, 9.17) is 14.2 Å². The topological polar surface area (TPSA) is 78.9 Å². The molecule has 3 rings (SSSR count). The van der Waals surface area contributed by atoms with Crippen molar-refractivity contribution in [1.29, 1.82) is 0 Å². The summed E-state index contributed by atoms with van der Waals surface area (Å²) in [5.74, 6) is 1.73. The number of guanidine groups is 1. The Balaban J connectivity index is 0.00000320. The minimum absolute atomic E-state index is 0. The summed E-state index contributed by atoms with van der Waals surface area (Å²) < 4.78 is 16.4. The van der Waals surface area contributed by atoms with Crippen LogP contribution in [-0.2, 0) is 19.0 Å². The second-order valence-electron chi connectivity index (χ2n) is 7.89. The van der Waals surface area contributed by atoms with E-state index >= 15 is 0 Å². The first-order chi connectivity index (χ1) is 14.3. The molecule has 3 aliphatic heterocycles. The predicted molar refractivity (Wildman–Crippen MR) is 127 cm³/mol. The molecule has 0 bridgehead atoms. The average molecular weight is 539 g/mol. The van der Waals surface area contributed by atoms with Gasteiger partial charge in [0.2, 0.25) is 5.91 Å². The smallest absolute Gasteiger partial charge is 0.236 e. The van der Waals surface area contributed by atoms with Crippen molar-refractivity contribution in [2.24, 2.45) is 10.9 Å². The summed E-state index contributed by atoms with van der Waals surface area (Å²) in [7, 11) is 1.83. The molecule has 0 saturated carbocycles. The maximum absolute atomic E-state index is 12.4. The first-order valence-electron chi connectivity index (χ1n) is 10.9. The maximum Gasteiger partial charge on any atom is 0.236 e. The van der Waals surface area contributed by atoms with Gasteiger partial charge >= 0.3 is 0 Å². The molecule has 0 spiro atoms. The fourth-order valence-electron chi connectivity index (χ4n) is 3.89. The van der Waals surface area contributed by atoms with Crippen LogP contribution in [0.15, 0.2) is 4.99 Å². The minimum Gasteiger partial charge on any atom is -0.381 e. The quantitative estimate of drug-likeness (QED) is 0.203. The van der Waals surface area contributed by atoms with Crippen LogP contribution < -0.4 is 5.32 Å². The molecule has 1 unspecified atom stereocenters. The number of hydrogen-bond donors (Lipinski definition) is 1. The van der Waals surface area contributed by atoms with Crippen LogP contribution in [0.5, 0.6) is 0 Å². The number of amides is 1. The van der Waals surface area contributed by atoms with Crippen molar-refractivity contribution < 1.29 is 19.0 Å². The van der Waals surface area contributed by atoms with Crippen LogP contribution >= 0.6 is 24.0 Å². The molecular formula is C20H38IN5O4. The molecular weight excluding hydrogens is 501 g/mol. The van der Waals surface area contributed by atoms with Gasteiger partial charge in [0.15, 0.2) is 5.96 Å². The molecule has 30 heavy (non-hydrogen) atoms. The first-order valence-corrected chi connectivity index (χ1v) is 10.9. The van der Waals surface area contributed by atoms with E-state index in [9.17, 15) is 4.79 Å². The van der Waals surface area contributed by atoms with Crippen LogP contribution in [-0.4, -0.2) is 126 Å². The number of hydrogen-bond acceptors (Lipinski definition) is 6. The maximum atomic E-state index is 12.4. The van der Waals surface area contributed by atoms with E-state index in [1.165, 1.54) is 0 Å². The van der Waals surface area contributed by atoms with Gasteiger partial charge in [-0.3, -0.25) is 14.7 Å². The number of piperazine rings is 1. The Kier molecular flexibility index (Phi) is 12.3. The van der Waals surface area contributed by atoms with Crippen molar-refractivity contribution in [3.8, 4) is 0 Å². The van der Waals surface area contributed by atoms with Gasteiger partial charge in [-0.2, -0.15) is 0 Å². The molecule has 0 aromatic rings. The molecule has 0 radical (unpaired) electrons. The lowest BCUT2D eigenvalue weighted by Crippen LogP contribution is -2.55. The highest BCUT2D eigenvalue weighted by Gasteiger charge is 2.24. The Bertz CT molecular complexity index is 519. The molecule has 1 N–H and O–H groups in total. The van der Waals surface area contributed by atoms with Gasteiger partial charge < -0.3 is 29.3 Å². The lowest BCUT2D eigenvalue weighted by molar-refractivity contribution is -0.136. The molecule has 10 heteroatoms. The number of carbonyl (C=O) groups excluding carboxylic acids is 1. The highest BCUT2D eigenvalue weighted by atomic mass is 127. The molecule has 3 saturated heterocycles. The number of nitrogens with zero attached hydrogens (tertiary/aromatic N) is 4. The number of carbonyl (C=O) groups is 1. The lowest BCUT2D eigenvalue weighted by atomic mass is 10.1. The molecule has 0 aliphatic carbocycles. The van der Waals surface area contributed by atoms with Gasteiger partial charge in [0, 0.05) is 72.0 Å². The highest BCUT2D eigenvalue weighted by Crippen LogP contribution is 2.12. The molecule has 3 heterocycles. The van der Waals surface area contributed by atoms with Crippen LogP contribution in [0.1, 0.15) is 12.8 Å². The van der Waals surface area contributed by atoms with Crippen LogP contribution in [0.4, 0.5) is 0 Å². The SMILES string of the molecule is CN=C(NCCCOCC1CCOC1)N1CCN(CC(=O)N2CCOCC2)CC1.I. The minimum atomic E-state index is 0. The molecule has 1 amide bonds. The summed E-state index contributed by atoms with van der Waals surface area (Å²) in [6, 6.07) is 0. The zero-order valence-corrected chi connectivity index (χ0v) is 20.6. The van der Waals surface area contributed by atoms with Gasteiger partial charge in [0.1, 0.15) is 0 Å².